The minimum atomic E-state index is -0.532. The molecule has 0 radical (unpaired) electrons. The third-order valence-electron chi connectivity index (χ3n) is 5.33. The smallest absolute Gasteiger partial charge is 0.227 e. The number of allylic oxidation sites excluding steroid dienone is 2. The molecule has 0 amide bonds. The Hall–Kier alpha value is -3.00. The van der Waals surface area contributed by atoms with Gasteiger partial charge in [-0.05, 0) is 42.2 Å². The summed E-state index contributed by atoms with van der Waals surface area (Å²) in [6.45, 7) is 0. The largest absolute Gasteiger partial charge is 0.328 e. The molecular formula is C22H18F2N4OS. The third-order valence-corrected chi connectivity index (χ3v) is 6.21. The van der Waals surface area contributed by atoms with Gasteiger partial charge in [-0.15, -0.1) is 5.10 Å². The van der Waals surface area contributed by atoms with Gasteiger partial charge in [0.15, 0.2) is 5.78 Å². The first-order valence-corrected chi connectivity index (χ1v) is 10.7. The number of ketones is 1. The van der Waals surface area contributed by atoms with E-state index >= 15 is 0 Å². The summed E-state index contributed by atoms with van der Waals surface area (Å²) in [6.07, 6.45) is 1.96. The molecule has 5 rings (SSSR count). The normalized spacial score (nSPS) is 18.1. The lowest BCUT2D eigenvalue weighted by Crippen LogP contribution is -2.31. The van der Waals surface area contributed by atoms with E-state index in [2.05, 4.69) is 15.4 Å². The Bertz CT molecular complexity index is 1170. The van der Waals surface area contributed by atoms with E-state index in [1.54, 1.807) is 35.0 Å². The average Bonchev–Trinajstić information content (AvgIpc) is 3.14. The molecule has 0 bridgehead atoms. The molecule has 0 saturated carbocycles. The van der Waals surface area contributed by atoms with E-state index in [4.69, 9.17) is 0 Å². The number of rotatable bonds is 4. The van der Waals surface area contributed by atoms with E-state index in [-0.39, 0.29) is 17.4 Å². The zero-order valence-electron chi connectivity index (χ0n) is 15.9. The molecule has 2 aromatic carbocycles. The van der Waals surface area contributed by atoms with Crippen LogP contribution in [0.3, 0.4) is 0 Å². The molecule has 5 nitrogen and oxygen atoms in total. The van der Waals surface area contributed by atoms with E-state index in [9.17, 15) is 13.6 Å². The van der Waals surface area contributed by atoms with Crippen molar-refractivity contribution in [3.8, 4) is 0 Å². The molecule has 0 unspecified atom stereocenters. The topological polar surface area (TPSA) is 59.8 Å². The lowest BCUT2D eigenvalue weighted by atomic mass is 9.85. The van der Waals surface area contributed by atoms with Crippen LogP contribution in [-0.4, -0.2) is 20.5 Å². The van der Waals surface area contributed by atoms with E-state index in [0.29, 0.717) is 40.0 Å². The number of benzene rings is 2. The van der Waals surface area contributed by atoms with Crippen molar-refractivity contribution in [3.63, 3.8) is 0 Å². The Balaban J connectivity index is 1.52. The number of thioether (sulfide) groups is 1. The van der Waals surface area contributed by atoms with Crippen LogP contribution in [0.5, 0.6) is 0 Å². The second-order valence-electron chi connectivity index (χ2n) is 7.29. The van der Waals surface area contributed by atoms with Crippen LogP contribution in [0.25, 0.3) is 0 Å². The number of carbonyl (C=O) groups excluding carboxylic acids is 1. The quantitative estimate of drug-likeness (QED) is 0.606. The zero-order chi connectivity index (χ0) is 20.7. The zero-order valence-corrected chi connectivity index (χ0v) is 16.8. The van der Waals surface area contributed by atoms with Crippen molar-refractivity contribution < 1.29 is 13.6 Å². The van der Waals surface area contributed by atoms with Gasteiger partial charge in [-0.1, -0.05) is 42.1 Å². The van der Waals surface area contributed by atoms with Crippen LogP contribution in [0, 0.1) is 11.6 Å². The maximum absolute atomic E-state index is 14.0. The second-order valence-corrected chi connectivity index (χ2v) is 8.24. The number of nitrogens with one attached hydrogen (secondary N) is 1. The van der Waals surface area contributed by atoms with Crippen molar-refractivity contribution >= 4 is 23.5 Å². The van der Waals surface area contributed by atoms with Gasteiger partial charge in [-0.3, -0.25) is 4.79 Å². The molecule has 8 heteroatoms. The fraction of sp³-hybridized carbons (Fsp3) is 0.227. The maximum atomic E-state index is 14.0. The summed E-state index contributed by atoms with van der Waals surface area (Å²) >= 11 is 1.32. The number of carbonyl (C=O) groups is 1. The van der Waals surface area contributed by atoms with Gasteiger partial charge in [0.1, 0.15) is 17.7 Å². The van der Waals surface area contributed by atoms with Crippen LogP contribution in [0.4, 0.5) is 14.7 Å². The van der Waals surface area contributed by atoms with Gasteiger partial charge < -0.3 is 5.32 Å². The molecule has 0 saturated heterocycles. The summed E-state index contributed by atoms with van der Waals surface area (Å²) in [5.41, 5.74) is 2.66. The van der Waals surface area contributed by atoms with Gasteiger partial charge in [-0.25, -0.2) is 13.5 Å². The second kappa shape index (κ2) is 7.68. The van der Waals surface area contributed by atoms with Gasteiger partial charge in [0.05, 0.1) is 0 Å². The first kappa shape index (κ1) is 19.0. The minimum absolute atomic E-state index is 0.0414. The molecule has 3 aromatic rings. The van der Waals surface area contributed by atoms with Crippen molar-refractivity contribution in [2.45, 2.75) is 36.2 Å². The van der Waals surface area contributed by atoms with Crippen LogP contribution in [0.1, 0.15) is 36.4 Å². The lowest BCUT2D eigenvalue weighted by Gasteiger charge is -2.32. The lowest BCUT2D eigenvalue weighted by molar-refractivity contribution is -0.116. The molecule has 30 heavy (non-hydrogen) atoms. The van der Waals surface area contributed by atoms with Crippen molar-refractivity contribution in [2.24, 2.45) is 0 Å². The van der Waals surface area contributed by atoms with Gasteiger partial charge in [-0.2, -0.15) is 4.98 Å². The van der Waals surface area contributed by atoms with Gasteiger partial charge in [0.25, 0.3) is 0 Å². The molecule has 1 N–H and O–H groups in total. The number of hydrogen-bond acceptors (Lipinski definition) is 5. The first-order valence-electron chi connectivity index (χ1n) is 9.71. The van der Waals surface area contributed by atoms with E-state index < -0.39 is 6.04 Å². The molecule has 1 aliphatic heterocycles. The fourth-order valence-electron chi connectivity index (χ4n) is 3.94. The Morgan fingerprint density at radius 1 is 1.13 bits per heavy atom. The highest BCUT2D eigenvalue weighted by atomic mass is 32.2. The fourth-order valence-corrected chi connectivity index (χ4v) is 4.76. The monoisotopic (exact) mass is 424 g/mol. The molecule has 1 aliphatic carbocycles. The van der Waals surface area contributed by atoms with Crippen molar-refractivity contribution in [2.75, 3.05) is 5.32 Å². The molecule has 2 heterocycles. The van der Waals surface area contributed by atoms with Crippen molar-refractivity contribution in [1.29, 1.82) is 0 Å². The third kappa shape index (κ3) is 3.41. The van der Waals surface area contributed by atoms with Crippen LogP contribution in [-0.2, 0) is 10.5 Å². The van der Waals surface area contributed by atoms with Gasteiger partial charge in [0, 0.05) is 23.4 Å². The first-order chi connectivity index (χ1) is 14.6. The Labute approximate surface area is 176 Å². The number of fused-ring (bicyclic) bond motifs is 1. The average molecular weight is 424 g/mol. The molecule has 1 aromatic heterocycles. The van der Waals surface area contributed by atoms with Crippen LogP contribution in [0.2, 0.25) is 0 Å². The Morgan fingerprint density at radius 3 is 2.83 bits per heavy atom. The maximum Gasteiger partial charge on any atom is 0.227 e. The molecule has 2 aliphatic rings. The standard InChI is InChI=1S/C22H18F2N4OS/c23-15-7-3-6-13(11-15)20-19-17(9-4-10-18(19)29)25-21-26-22(27-28(20)21)30-12-14-5-1-2-8-16(14)24/h1-3,5-8,11,20H,4,9-10,12H2,(H,25,26,27)/t20-/m0/s1. The molecule has 1 atom stereocenters. The summed E-state index contributed by atoms with van der Waals surface area (Å²) < 4.78 is 29.5. The van der Waals surface area contributed by atoms with Crippen molar-refractivity contribution in [1.82, 2.24) is 14.8 Å². The van der Waals surface area contributed by atoms with Crippen LogP contribution >= 0.6 is 11.8 Å². The summed E-state index contributed by atoms with van der Waals surface area (Å²) in [5.74, 6) is 0.292. The summed E-state index contributed by atoms with van der Waals surface area (Å²) in [4.78, 5) is 17.3. The highest BCUT2D eigenvalue weighted by Crippen LogP contribution is 2.40. The number of Topliss-reactive ketones (excluding diaryl/α,β-unsaturated/α-hetero) is 1. The number of hydrogen-bond donors (Lipinski definition) is 1. The SMILES string of the molecule is O=C1CCCC2=C1[C@H](c1cccc(F)c1)n1nc(SCc3ccccc3F)nc1N2. The van der Waals surface area contributed by atoms with Crippen molar-refractivity contribution in [3.05, 3.63) is 82.6 Å². The number of nitrogens with zero attached hydrogens (tertiary/aromatic N) is 3. The molecule has 0 spiro atoms. The van der Waals surface area contributed by atoms with Gasteiger partial charge in [0.2, 0.25) is 11.1 Å². The Morgan fingerprint density at radius 2 is 2.00 bits per heavy atom. The molecular weight excluding hydrogens is 406 g/mol. The van der Waals surface area contributed by atoms with E-state index in [1.165, 1.54) is 30.0 Å². The van der Waals surface area contributed by atoms with E-state index in [1.807, 2.05) is 0 Å². The highest BCUT2D eigenvalue weighted by molar-refractivity contribution is 7.98. The number of aromatic nitrogens is 3. The molecule has 152 valence electrons. The van der Waals surface area contributed by atoms with Crippen LogP contribution < -0.4 is 5.32 Å². The summed E-state index contributed by atoms with van der Waals surface area (Å²) in [6, 6.07) is 12.3. The number of halogens is 2. The molecule has 0 fully saturated rings. The predicted molar refractivity (Wildman–Crippen MR) is 110 cm³/mol. The van der Waals surface area contributed by atoms with Gasteiger partial charge >= 0.3 is 0 Å². The van der Waals surface area contributed by atoms with Crippen LogP contribution in [0.15, 0.2) is 65.0 Å². The summed E-state index contributed by atoms with van der Waals surface area (Å²) in [5, 5.41) is 8.29. The number of anilines is 1. The van der Waals surface area contributed by atoms with E-state index in [0.717, 1.165) is 18.5 Å². The Kier molecular flexibility index (Phi) is 4.86. The summed E-state index contributed by atoms with van der Waals surface area (Å²) in [7, 11) is 0. The minimum Gasteiger partial charge on any atom is -0.328 e. The predicted octanol–water partition coefficient (Wildman–Crippen LogP) is 4.87. The highest BCUT2D eigenvalue weighted by Gasteiger charge is 2.37.